The van der Waals surface area contributed by atoms with Crippen molar-refractivity contribution < 1.29 is 24.5 Å². The molecule has 13 nitrogen and oxygen atoms in total. The highest BCUT2D eigenvalue weighted by Crippen LogP contribution is 2.30. The summed E-state index contributed by atoms with van der Waals surface area (Å²) in [7, 11) is 1.27. The summed E-state index contributed by atoms with van der Waals surface area (Å²) < 4.78 is 6.11. The van der Waals surface area contributed by atoms with Crippen LogP contribution >= 0.6 is 11.6 Å². The summed E-state index contributed by atoms with van der Waals surface area (Å²) in [4.78, 5) is 25.0. The van der Waals surface area contributed by atoms with E-state index in [1.807, 2.05) is 30.3 Å². The van der Waals surface area contributed by atoms with Gasteiger partial charge in [-0.25, -0.2) is 4.79 Å². The van der Waals surface area contributed by atoms with Gasteiger partial charge in [-0.1, -0.05) is 54.1 Å². The minimum absolute atomic E-state index is 0.153. The molecular formula is C32H29ClN8O5. The van der Waals surface area contributed by atoms with Crippen LogP contribution in [0.5, 0.6) is 0 Å². The third kappa shape index (κ3) is 7.95. The van der Waals surface area contributed by atoms with E-state index in [2.05, 4.69) is 41.1 Å². The third-order valence-electron chi connectivity index (χ3n) is 6.91. The Hall–Kier alpha value is -5.50. The van der Waals surface area contributed by atoms with E-state index in [4.69, 9.17) is 11.6 Å². The van der Waals surface area contributed by atoms with Crippen LogP contribution in [0.25, 0.3) is 22.9 Å². The summed E-state index contributed by atoms with van der Waals surface area (Å²) in [5.74, 6) is -0.412. The average Bonchev–Trinajstić information content (AvgIpc) is 3.62. The van der Waals surface area contributed by atoms with Gasteiger partial charge < -0.3 is 20.3 Å². The van der Waals surface area contributed by atoms with Crippen LogP contribution in [0.15, 0.2) is 91.3 Å². The minimum Gasteiger partial charge on any atom is -0.453 e. The Balaban J connectivity index is 1.48. The zero-order chi connectivity index (χ0) is 32.5. The smallest absolute Gasteiger partial charge is 0.411 e. The number of halogens is 1. The fourth-order valence-corrected chi connectivity index (χ4v) is 4.84. The number of hydrogen-bond donors (Lipinski definition) is 4. The molecule has 0 radical (unpaired) electrons. The average molecular weight is 641 g/mol. The molecule has 234 valence electrons. The molecule has 0 aliphatic rings. The number of ether oxygens (including phenoxy) is 1. The van der Waals surface area contributed by atoms with E-state index in [-0.39, 0.29) is 5.69 Å². The standard InChI is InChI=1S/C32H29ClN8O5/c1-46-32(45)35-24-11-7-21(8-12-24)25-17-27(37-38-31(25)29(43)18-42)26(15-20-5-3-2-4-6-20)36-30(44)14-9-22-16-23(33)10-13-28(22)41-19-34-39-40-41/h2-14,16-17,19,26,29,42-43H,15,18H2,1H3,(H,35,45)(H,36,44)/t26-,29?/m0/s1. The molecule has 0 spiro atoms. The van der Waals surface area contributed by atoms with Crippen LogP contribution in [-0.2, 0) is 16.0 Å². The second-order valence-electron chi connectivity index (χ2n) is 10.0. The molecule has 2 aromatic heterocycles. The van der Waals surface area contributed by atoms with Crippen molar-refractivity contribution in [3.63, 3.8) is 0 Å². The van der Waals surface area contributed by atoms with Gasteiger partial charge in [-0.2, -0.15) is 14.9 Å². The van der Waals surface area contributed by atoms with Crippen LogP contribution in [0.1, 0.15) is 34.7 Å². The molecule has 1 unspecified atom stereocenters. The van der Waals surface area contributed by atoms with Crippen LogP contribution in [-0.4, -0.2) is 66.3 Å². The monoisotopic (exact) mass is 640 g/mol. The Morgan fingerprint density at radius 1 is 1.04 bits per heavy atom. The minimum atomic E-state index is -1.30. The first-order valence-corrected chi connectivity index (χ1v) is 14.4. The molecule has 2 amide bonds. The van der Waals surface area contributed by atoms with Crippen LogP contribution in [0.2, 0.25) is 5.02 Å². The molecule has 0 saturated heterocycles. The summed E-state index contributed by atoms with van der Waals surface area (Å²) in [5.41, 5.74) is 4.37. The molecule has 0 aliphatic carbocycles. The van der Waals surface area contributed by atoms with Gasteiger partial charge in [-0.05, 0) is 70.4 Å². The number of hydrogen-bond acceptors (Lipinski definition) is 10. The normalized spacial score (nSPS) is 12.4. The van der Waals surface area contributed by atoms with Crippen molar-refractivity contribution in [3.05, 3.63) is 119 Å². The first-order valence-electron chi connectivity index (χ1n) is 14.0. The number of aliphatic hydroxyl groups is 2. The summed E-state index contributed by atoms with van der Waals surface area (Å²) in [6.45, 7) is -0.575. The van der Waals surface area contributed by atoms with Gasteiger partial charge in [0, 0.05) is 27.9 Å². The van der Waals surface area contributed by atoms with Crippen molar-refractivity contribution in [2.45, 2.75) is 18.6 Å². The lowest BCUT2D eigenvalue weighted by atomic mass is 9.97. The van der Waals surface area contributed by atoms with Crippen molar-refractivity contribution >= 4 is 35.4 Å². The van der Waals surface area contributed by atoms with E-state index >= 15 is 0 Å². The molecule has 0 bridgehead atoms. The molecule has 0 fully saturated rings. The molecule has 46 heavy (non-hydrogen) atoms. The predicted molar refractivity (Wildman–Crippen MR) is 170 cm³/mol. The number of methoxy groups -OCH3 is 1. The fourth-order valence-electron chi connectivity index (χ4n) is 4.66. The number of benzene rings is 3. The van der Waals surface area contributed by atoms with E-state index in [1.54, 1.807) is 54.6 Å². The van der Waals surface area contributed by atoms with Crippen molar-refractivity contribution in [3.8, 4) is 16.8 Å². The largest absolute Gasteiger partial charge is 0.453 e. The number of tetrazole rings is 1. The van der Waals surface area contributed by atoms with Gasteiger partial charge in [0.05, 0.1) is 31.1 Å². The molecular weight excluding hydrogens is 612 g/mol. The number of nitrogens with zero attached hydrogens (tertiary/aromatic N) is 6. The molecule has 14 heteroatoms. The Kier molecular flexibility index (Phi) is 10.4. The van der Waals surface area contributed by atoms with Gasteiger partial charge in [0.15, 0.2) is 0 Å². The highest BCUT2D eigenvalue weighted by Gasteiger charge is 2.22. The molecule has 3 aromatic carbocycles. The first kappa shape index (κ1) is 31.9. The van der Waals surface area contributed by atoms with E-state index in [0.29, 0.717) is 45.2 Å². The second kappa shape index (κ2) is 15.0. The maximum absolute atomic E-state index is 13.4. The third-order valence-corrected chi connectivity index (χ3v) is 7.15. The Labute approximate surface area is 268 Å². The Bertz CT molecular complexity index is 1820. The van der Waals surface area contributed by atoms with Gasteiger partial charge in [-0.3, -0.25) is 10.1 Å². The van der Waals surface area contributed by atoms with Crippen molar-refractivity contribution in [2.75, 3.05) is 19.0 Å². The summed E-state index contributed by atoms with van der Waals surface area (Å²) in [5, 5.41) is 46.2. The maximum atomic E-state index is 13.4. The predicted octanol–water partition coefficient (Wildman–Crippen LogP) is 4.09. The molecule has 4 N–H and O–H groups in total. The molecule has 5 aromatic rings. The topological polar surface area (TPSA) is 177 Å². The molecule has 0 aliphatic heterocycles. The zero-order valence-electron chi connectivity index (χ0n) is 24.5. The molecule has 5 rings (SSSR count). The van der Waals surface area contributed by atoms with E-state index < -0.39 is 30.8 Å². The number of carbonyl (C=O) groups excluding carboxylic acids is 2. The lowest BCUT2D eigenvalue weighted by Gasteiger charge is -2.20. The fraction of sp³-hybridized carbons (Fsp3) is 0.156. The number of anilines is 1. The quantitative estimate of drug-likeness (QED) is 0.154. The van der Waals surface area contributed by atoms with Gasteiger partial charge >= 0.3 is 6.09 Å². The molecule has 2 atom stereocenters. The van der Waals surface area contributed by atoms with E-state index in [1.165, 1.54) is 24.2 Å². The summed E-state index contributed by atoms with van der Waals surface area (Å²) >= 11 is 6.23. The highest BCUT2D eigenvalue weighted by atomic mass is 35.5. The van der Waals surface area contributed by atoms with Gasteiger partial charge in [0.2, 0.25) is 5.91 Å². The maximum Gasteiger partial charge on any atom is 0.411 e. The Morgan fingerprint density at radius 3 is 2.52 bits per heavy atom. The van der Waals surface area contributed by atoms with Crippen LogP contribution in [0, 0.1) is 0 Å². The number of aliphatic hydroxyl groups excluding tert-OH is 2. The first-order chi connectivity index (χ1) is 22.3. The van der Waals surface area contributed by atoms with Crippen molar-refractivity contribution in [1.82, 2.24) is 35.7 Å². The lowest BCUT2D eigenvalue weighted by Crippen LogP contribution is -2.29. The number of amides is 2. The van der Waals surface area contributed by atoms with Gasteiger partial charge in [0.1, 0.15) is 18.1 Å². The summed E-state index contributed by atoms with van der Waals surface area (Å²) in [6, 6.07) is 22.5. The van der Waals surface area contributed by atoms with Crippen LogP contribution in [0.3, 0.4) is 0 Å². The van der Waals surface area contributed by atoms with Crippen LogP contribution < -0.4 is 10.6 Å². The number of nitrogens with one attached hydrogen (secondary N) is 2. The number of carbonyl (C=O) groups is 2. The number of rotatable bonds is 11. The number of aromatic nitrogens is 6. The SMILES string of the molecule is COC(=O)Nc1ccc(-c2cc([C@H](Cc3ccccc3)NC(=O)C=Cc3cc(Cl)ccc3-n3cnnn3)nnc2C(O)CO)cc1. The highest BCUT2D eigenvalue weighted by molar-refractivity contribution is 6.30. The Morgan fingerprint density at radius 2 is 1.83 bits per heavy atom. The lowest BCUT2D eigenvalue weighted by molar-refractivity contribution is -0.117. The van der Waals surface area contributed by atoms with Crippen molar-refractivity contribution in [1.29, 1.82) is 0 Å². The molecule has 2 heterocycles. The van der Waals surface area contributed by atoms with E-state index in [0.717, 1.165) is 5.56 Å². The van der Waals surface area contributed by atoms with Crippen molar-refractivity contribution in [2.24, 2.45) is 0 Å². The summed E-state index contributed by atoms with van der Waals surface area (Å²) in [6.07, 6.45) is 2.88. The van der Waals surface area contributed by atoms with Gasteiger partial charge in [-0.15, -0.1) is 5.10 Å². The zero-order valence-corrected chi connectivity index (χ0v) is 25.2. The molecule has 0 saturated carbocycles. The van der Waals surface area contributed by atoms with E-state index in [9.17, 15) is 19.8 Å². The van der Waals surface area contributed by atoms with Gasteiger partial charge in [0.25, 0.3) is 0 Å². The van der Waals surface area contributed by atoms with Crippen LogP contribution in [0.4, 0.5) is 10.5 Å². The second-order valence-corrected chi connectivity index (χ2v) is 10.4.